The van der Waals surface area contributed by atoms with E-state index in [1.807, 2.05) is 18.2 Å². The number of carbonyl (C=O) groups excluding carboxylic acids is 2. The van der Waals surface area contributed by atoms with E-state index in [1.165, 1.54) is 23.0 Å². The number of aromatic nitrogens is 1. The molecule has 1 aromatic carbocycles. The fourth-order valence-electron chi connectivity index (χ4n) is 5.72. The van der Waals surface area contributed by atoms with Crippen molar-refractivity contribution in [1.29, 1.82) is 0 Å². The fourth-order valence-corrected chi connectivity index (χ4v) is 7.15. The molecule has 1 saturated carbocycles. The molecule has 1 saturated heterocycles. The normalized spacial score (nSPS) is 21.9. The van der Waals surface area contributed by atoms with Gasteiger partial charge in [-0.3, -0.25) is 9.59 Å². The van der Waals surface area contributed by atoms with Gasteiger partial charge >= 0.3 is 0 Å². The smallest absolute Gasteiger partial charge is 0.287 e. The first-order valence-corrected chi connectivity index (χ1v) is 15.4. The van der Waals surface area contributed by atoms with Crippen molar-refractivity contribution in [2.24, 2.45) is 5.92 Å². The van der Waals surface area contributed by atoms with Crippen LogP contribution in [-0.4, -0.2) is 65.9 Å². The van der Waals surface area contributed by atoms with E-state index in [-0.39, 0.29) is 29.8 Å². The predicted molar refractivity (Wildman–Crippen MR) is 149 cm³/mol. The molecule has 10 nitrogen and oxygen atoms in total. The Kier molecular flexibility index (Phi) is 8.82. The Morgan fingerprint density at radius 2 is 1.82 bits per heavy atom. The van der Waals surface area contributed by atoms with Crippen LogP contribution in [0.3, 0.4) is 0 Å². The molecule has 2 aromatic heterocycles. The van der Waals surface area contributed by atoms with Crippen LogP contribution in [0.1, 0.15) is 61.9 Å². The SMILES string of the molecule is O=C(NC(CC1CCCCC1)C(=O)NC1CCCN(S(=O)(=O)c2ccccn2)CC1O)c1cc2ccccc2o1. The number of carbonyl (C=O) groups is 2. The van der Waals surface area contributed by atoms with Gasteiger partial charge in [-0.05, 0) is 49.4 Å². The van der Waals surface area contributed by atoms with Gasteiger partial charge in [-0.15, -0.1) is 0 Å². The number of nitrogens with zero attached hydrogens (tertiary/aromatic N) is 2. The van der Waals surface area contributed by atoms with Gasteiger partial charge in [0.1, 0.15) is 11.6 Å². The zero-order valence-corrected chi connectivity index (χ0v) is 23.2. The lowest BCUT2D eigenvalue weighted by Crippen LogP contribution is -2.54. The number of β-amino-alcohol motifs (C(OH)–C–C–N with tert-alkyl or cyclic N) is 1. The number of aliphatic hydroxyl groups excluding tert-OH is 1. The molecule has 3 unspecified atom stereocenters. The van der Waals surface area contributed by atoms with E-state index >= 15 is 0 Å². The van der Waals surface area contributed by atoms with Crippen LogP contribution < -0.4 is 10.6 Å². The highest BCUT2D eigenvalue weighted by molar-refractivity contribution is 7.89. The molecule has 0 spiro atoms. The molecule has 1 aliphatic heterocycles. The van der Waals surface area contributed by atoms with E-state index in [0.717, 1.165) is 31.1 Å². The summed E-state index contributed by atoms with van der Waals surface area (Å²) in [5.41, 5.74) is 0.590. The van der Waals surface area contributed by atoms with Crippen molar-refractivity contribution in [3.05, 3.63) is 60.5 Å². The first kappa shape index (κ1) is 28.3. The third-order valence-corrected chi connectivity index (χ3v) is 9.69. The van der Waals surface area contributed by atoms with Gasteiger partial charge in [0, 0.05) is 24.7 Å². The zero-order chi connectivity index (χ0) is 28.1. The van der Waals surface area contributed by atoms with Crippen LogP contribution in [0.2, 0.25) is 0 Å². The van der Waals surface area contributed by atoms with Crippen LogP contribution in [0.15, 0.2) is 64.2 Å². The number of hydrogen-bond acceptors (Lipinski definition) is 7. The standard InChI is InChI=1S/C29H36N4O6S/c34-24-19-33(40(37,38)27-14-6-7-15-30-27)16-8-12-22(24)31-28(35)23(17-20-9-2-1-3-10-20)32-29(36)26-18-21-11-4-5-13-25(21)39-26/h4-7,11,13-15,18,20,22-24,34H,1-3,8-10,12,16-17,19H2,(H,31,35)(H,32,36). The summed E-state index contributed by atoms with van der Waals surface area (Å²) in [5, 5.41) is 17.5. The summed E-state index contributed by atoms with van der Waals surface area (Å²) < 4.78 is 33.1. The van der Waals surface area contributed by atoms with Crippen molar-refractivity contribution >= 4 is 32.8 Å². The lowest BCUT2D eigenvalue weighted by atomic mass is 9.84. The van der Waals surface area contributed by atoms with Gasteiger partial charge in [-0.25, -0.2) is 13.4 Å². The molecule has 11 heteroatoms. The highest BCUT2D eigenvalue weighted by atomic mass is 32.2. The lowest BCUT2D eigenvalue weighted by Gasteiger charge is -2.29. The van der Waals surface area contributed by atoms with Crippen molar-refractivity contribution in [3.8, 4) is 0 Å². The van der Waals surface area contributed by atoms with Gasteiger partial charge < -0.3 is 20.2 Å². The number of sulfonamides is 1. The molecular formula is C29H36N4O6S. The van der Waals surface area contributed by atoms with E-state index < -0.39 is 34.1 Å². The van der Waals surface area contributed by atoms with Crippen molar-refractivity contribution in [2.45, 2.75) is 74.6 Å². The minimum atomic E-state index is -3.88. The highest BCUT2D eigenvalue weighted by Gasteiger charge is 2.35. The van der Waals surface area contributed by atoms with Crippen LogP contribution in [0.5, 0.6) is 0 Å². The number of hydrogen-bond donors (Lipinski definition) is 3. The molecule has 3 aromatic rings. The fraction of sp³-hybridized carbons (Fsp3) is 0.483. The Balaban J connectivity index is 1.28. The molecule has 5 rings (SSSR count). The van der Waals surface area contributed by atoms with Crippen molar-refractivity contribution in [3.63, 3.8) is 0 Å². The molecule has 2 fully saturated rings. The second-order valence-corrected chi connectivity index (χ2v) is 12.7. The molecule has 0 bridgehead atoms. The van der Waals surface area contributed by atoms with Gasteiger partial charge in [0.05, 0.1) is 12.1 Å². The Labute approximate surface area is 234 Å². The second-order valence-electron chi connectivity index (χ2n) is 10.8. The number of rotatable bonds is 8. The molecule has 214 valence electrons. The maximum absolute atomic E-state index is 13.6. The number of amides is 2. The summed E-state index contributed by atoms with van der Waals surface area (Å²) in [5.74, 6) is -0.424. The van der Waals surface area contributed by atoms with E-state index in [2.05, 4.69) is 15.6 Å². The van der Waals surface area contributed by atoms with Gasteiger partial charge in [0.2, 0.25) is 5.91 Å². The molecule has 3 atom stereocenters. The number of furan rings is 1. The third-order valence-electron chi connectivity index (χ3n) is 7.91. The number of fused-ring (bicyclic) bond motifs is 1. The summed E-state index contributed by atoms with van der Waals surface area (Å²) >= 11 is 0. The van der Waals surface area contributed by atoms with E-state index in [1.54, 1.807) is 24.3 Å². The number of para-hydroxylation sites is 1. The first-order chi connectivity index (χ1) is 19.3. The summed E-state index contributed by atoms with van der Waals surface area (Å²) in [4.78, 5) is 30.7. The molecule has 3 heterocycles. The van der Waals surface area contributed by atoms with Crippen molar-refractivity contribution < 1.29 is 27.5 Å². The summed E-state index contributed by atoms with van der Waals surface area (Å²) in [6.07, 6.45) is 6.99. The van der Waals surface area contributed by atoms with Gasteiger partial charge in [-0.2, -0.15) is 4.31 Å². The van der Waals surface area contributed by atoms with Crippen LogP contribution in [0.25, 0.3) is 11.0 Å². The van der Waals surface area contributed by atoms with Gasteiger partial charge in [0.15, 0.2) is 10.8 Å². The predicted octanol–water partition coefficient (Wildman–Crippen LogP) is 3.23. The number of aliphatic hydroxyl groups is 1. The highest BCUT2D eigenvalue weighted by Crippen LogP contribution is 2.28. The van der Waals surface area contributed by atoms with Crippen molar-refractivity contribution in [2.75, 3.05) is 13.1 Å². The molecule has 2 amide bonds. The minimum Gasteiger partial charge on any atom is -0.451 e. The number of pyridine rings is 1. The maximum atomic E-state index is 13.6. The lowest BCUT2D eigenvalue weighted by molar-refractivity contribution is -0.125. The molecule has 3 N–H and O–H groups in total. The quantitative estimate of drug-likeness (QED) is 0.379. The molecule has 40 heavy (non-hydrogen) atoms. The summed E-state index contributed by atoms with van der Waals surface area (Å²) in [6.45, 7) is 0.0408. The van der Waals surface area contributed by atoms with Crippen LogP contribution in [0.4, 0.5) is 0 Å². The number of benzene rings is 1. The largest absolute Gasteiger partial charge is 0.451 e. The molecule has 0 radical (unpaired) electrons. The third kappa shape index (κ3) is 6.54. The van der Waals surface area contributed by atoms with Crippen LogP contribution in [-0.2, 0) is 14.8 Å². The van der Waals surface area contributed by atoms with Crippen molar-refractivity contribution in [1.82, 2.24) is 19.9 Å². The van der Waals surface area contributed by atoms with Gasteiger partial charge in [-0.1, -0.05) is 56.4 Å². The maximum Gasteiger partial charge on any atom is 0.287 e. The molecule has 1 aliphatic carbocycles. The Morgan fingerprint density at radius 3 is 2.58 bits per heavy atom. The summed E-state index contributed by atoms with van der Waals surface area (Å²) in [7, 11) is -3.88. The Bertz CT molecular complexity index is 1390. The minimum absolute atomic E-state index is 0.0782. The topological polar surface area (TPSA) is 142 Å². The number of nitrogens with one attached hydrogen (secondary N) is 2. The van der Waals surface area contributed by atoms with E-state index in [9.17, 15) is 23.1 Å². The average molecular weight is 569 g/mol. The first-order valence-electron chi connectivity index (χ1n) is 14.0. The van der Waals surface area contributed by atoms with Crippen LogP contribution in [0, 0.1) is 5.92 Å². The van der Waals surface area contributed by atoms with E-state index in [4.69, 9.17) is 4.42 Å². The monoisotopic (exact) mass is 568 g/mol. The van der Waals surface area contributed by atoms with E-state index in [0.29, 0.717) is 30.8 Å². The molecule has 2 aliphatic rings. The van der Waals surface area contributed by atoms with Crippen LogP contribution >= 0.6 is 0 Å². The Morgan fingerprint density at radius 1 is 1.05 bits per heavy atom. The van der Waals surface area contributed by atoms with Gasteiger partial charge in [0.25, 0.3) is 15.9 Å². The summed E-state index contributed by atoms with van der Waals surface area (Å²) in [6, 6.07) is 12.2. The zero-order valence-electron chi connectivity index (χ0n) is 22.4. The second kappa shape index (κ2) is 12.5. The Hall–Kier alpha value is -3.28. The molecular weight excluding hydrogens is 532 g/mol. The average Bonchev–Trinajstić information content (AvgIpc) is 3.32.